The summed E-state index contributed by atoms with van der Waals surface area (Å²) in [7, 11) is 1.30. The number of carbonyl (C=O) groups excluding carboxylic acids is 3. The minimum absolute atomic E-state index is 0.121. The van der Waals surface area contributed by atoms with E-state index in [0.29, 0.717) is 17.7 Å². The van der Waals surface area contributed by atoms with Gasteiger partial charge in [-0.25, -0.2) is 4.79 Å². The van der Waals surface area contributed by atoms with Crippen molar-refractivity contribution in [2.24, 2.45) is 0 Å². The monoisotopic (exact) mass is 307 g/mol. The molecule has 0 saturated heterocycles. The second kappa shape index (κ2) is 6.10. The number of methoxy groups -OCH3 is 1. The molecule has 0 unspecified atom stereocenters. The molecular weight excluding hydrogens is 294 g/mol. The standard InChI is InChI=1S/C15H14ClNO4/c1-3-9(15(20)21-2)7-8-17-11-6-4-5-10(16)12(11)13(18)14(17)19/h4-7H,3,8H2,1-2H3. The number of benzene rings is 1. The molecule has 1 heterocycles. The van der Waals surface area contributed by atoms with Gasteiger partial charge in [-0.2, -0.15) is 0 Å². The van der Waals surface area contributed by atoms with Crippen LogP contribution < -0.4 is 4.90 Å². The van der Waals surface area contributed by atoms with Crippen molar-refractivity contribution in [3.63, 3.8) is 0 Å². The van der Waals surface area contributed by atoms with Gasteiger partial charge in [-0.3, -0.25) is 9.59 Å². The number of hydrogen-bond donors (Lipinski definition) is 0. The van der Waals surface area contributed by atoms with Crippen molar-refractivity contribution in [2.75, 3.05) is 18.6 Å². The van der Waals surface area contributed by atoms with Gasteiger partial charge < -0.3 is 9.64 Å². The Balaban J connectivity index is 2.33. The van der Waals surface area contributed by atoms with Crippen LogP contribution in [0.25, 0.3) is 0 Å². The molecule has 0 atom stereocenters. The van der Waals surface area contributed by atoms with Gasteiger partial charge in [0, 0.05) is 12.1 Å². The van der Waals surface area contributed by atoms with Crippen LogP contribution in [0.5, 0.6) is 0 Å². The molecule has 0 bridgehead atoms. The number of halogens is 1. The lowest BCUT2D eigenvalue weighted by Gasteiger charge is -2.14. The number of ketones is 1. The predicted octanol–water partition coefficient (Wildman–Crippen LogP) is 2.38. The van der Waals surface area contributed by atoms with Crippen LogP contribution >= 0.6 is 11.6 Å². The average Bonchev–Trinajstić information content (AvgIpc) is 2.73. The molecule has 5 nitrogen and oxygen atoms in total. The van der Waals surface area contributed by atoms with Crippen LogP contribution in [0.15, 0.2) is 29.8 Å². The van der Waals surface area contributed by atoms with E-state index in [1.165, 1.54) is 12.0 Å². The van der Waals surface area contributed by atoms with Crippen molar-refractivity contribution in [3.8, 4) is 0 Å². The van der Waals surface area contributed by atoms with E-state index in [4.69, 9.17) is 11.6 Å². The van der Waals surface area contributed by atoms with E-state index in [-0.39, 0.29) is 17.1 Å². The number of rotatable bonds is 4. The molecule has 0 aliphatic carbocycles. The molecule has 6 heteroatoms. The molecule has 2 rings (SSSR count). The van der Waals surface area contributed by atoms with Gasteiger partial charge in [0.05, 0.1) is 23.4 Å². The summed E-state index contributed by atoms with van der Waals surface area (Å²) in [4.78, 5) is 36.8. The van der Waals surface area contributed by atoms with Gasteiger partial charge in [-0.1, -0.05) is 30.7 Å². The first-order chi connectivity index (χ1) is 10.0. The van der Waals surface area contributed by atoms with Crippen molar-refractivity contribution in [1.82, 2.24) is 0 Å². The van der Waals surface area contributed by atoms with Crippen molar-refractivity contribution in [1.29, 1.82) is 0 Å². The molecule has 0 radical (unpaired) electrons. The third-order valence-corrected chi connectivity index (χ3v) is 3.61. The zero-order chi connectivity index (χ0) is 15.6. The fourth-order valence-electron chi connectivity index (χ4n) is 2.19. The highest BCUT2D eigenvalue weighted by Gasteiger charge is 2.36. The summed E-state index contributed by atoms with van der Waals surface area (Å²) in [6.45, 7) is 1.93. The third kappa shape index (κ3) is 2.69. The summed E-state index contributed by atoms with van der Waals surface area (Å²) in [6, 6.07) is 4.89. The maximum absolute atomic E-state index is 12.0. The number of fused-ring (bicyclic) bond motifs is 1. The van der Waals surface area contributed by atoms with Crippen LogP contribution in [0, 0.1) is 0 Å². The van der Waals surface area contributed by atoms with Gasteiger partial charge in [0.15, 0.2) is 0 Å². The average molecular weight is 308 g/mol. The smallest absolute Gasteiger partial charge is 0.333 e. The summed E-state index contributed by atoms with van der Waals surface area (Å²) >= 11 is 5.97. The normalized spacial score (nSPS) is 14.4. The number of Topliss-reactive ketones (excluding diaryl/α,β-unsaturated/α-hetero) is 1. The van der Waals surface area contributed by atoms with E-state index < -0.39 is 17.7 Å². The predicted molar refractivity (Wildman–Crippen MR) is 78.5 cm³/mol. The summed E-state index contributed by atoms with van der Waals surface area (Å²) in [5.74, 6) is -1.71. The van der Waals surface area contributed by atoms with E-state index in [1.54, 1.807) is 24.3 Å². The number of ether oxygens (including phenoxy) is 1. The van der Waals surface area contributed by atoms with E-state index in [0.717, 1.165) is 0 Å². The molecule has 0 saturated carbocycles. The second-order valence-corrected chi connectivity index (χ2v) is 4.86. The molecule has 1 aliphatic rings. The Morgan fingerprint density at radius 2 is 2.10 bits per heavy atom. The molecule has 110 valence electrons. The summed E-state index contributed by atoms with van der Waals surface area (Å²) in [6.07, 6.45) is 2.07. The second-order valence-electron chi connectivity index (χ2n) is 4.45. The topological polar surface area (TPSA) is 63.7 Å². The Bertz CT molecular complexity index is 651. The molecule has 0 fully saturated rings. The lowest BCUT2D eigenvalue weighted by molar-refractivity contribution is -0.136. The molecule has 1 aromatic carbocycles. The SMILES string of the molecule is CCC(=CCN1C(=O)C(=O)c2c(Cl)cccc21)C(=O)OC. The first-order valence-corrected chi connectivity index (χ1v) is 6.81. The Kier molecular flexibility index (Phi) is 4.43. The van der Waals surface area contributed by atoms with Crippen LogP contribution in [0.3, 0.4) is 0 Å². The Labute approximate surface area is 127 Å². The number of amides is 1. The van der Waals surface area contributed by atoms with Gasteiger partial charge >= 0.3 is 5.97 Å². The quantitative estimate of drug-likeness (QED) is 0.487. The maximum atomic E-state index is 12.0. The lowest BCUT2D eigenvalue weighted by atomic mass is 10.1. The highest BCUT2D eigenvalue weighted by molar-refractivity contribution is 6.55. The van der Waals surface area contributed by atoms with Gasteiger partial charge in [0.25, 0.3) is 11.7 Å². The third-order valence-electron chi connectivity index (χ3n) is 3.30. The lowest BCUT2D eigenvalue weighted by Crippen LogP contribution is -2.30. The Morgan fingerprint density at radius 3 is 2.71 bits per heavy atom. The van der Waals surface area contributed by atoms with Crippen LogP contribution in [0.1, 0.15) is 23.7 Å². The number of carbonyl (C=O) groups is 3. The van der Waals surface area contributed by atoms with Gasteiger partial charge in [-0.05, 0) is 18.6 Å². The molecule has 21 heavy (non-hydrogen) atoms. The first-order valence-electron chi connectivity index (χ1n) is 6.43. The largest absolute Gasteiger partial charge is 0.466 e. The summed E-state index contributed by atoms with van der Waals surface area (Å²) in [5.41, 5.74) is 1.14. The molecule has 1 amide bonds. The Hall–Kier alpha value is -2.14. The number of hydrogen-bond acceptors (Lipinski definition) is 4. The van der Waals surface area contributed by atoms with Crippen molar-refractivity contribution >= 4 is 34.9 Å². The number of nitrogens with zero attached hydrogens (tertiary/aromatic N) is 1. The minimum Gasteiger partial charge on any atom is -0.466 e. The summed E-state index contributed by atoms with van der Waals surface area (Å²) < 4.78 is 4.66. The summed E-state index contributed by atoms with van der Waals surface area (Å²) in [5, 5.41) is 0.251. The fourth-order valence-corrected chi connectivity index (χ4v) is 2.44. The van der Waals surface area contributed by atoms with Crippen LogP contribution in [-0.4, -0.2) is 31.3 Å². The molecule has 1 aliphatic heterocycles. The van der Waals surface area contributed by atoms with Gasteiger partial charge in [0.1, 0.15) is 0 Å². The number of esters is 1. The van der Waals surface area contributed by atoms with Crippen LogP contribution in [0.2, 0.25) is 5.02 Å². The van der Waals surface area contributed by atoms with E-state index in [9.17, 15) is 14.4 Å². The highest BCUT2D eigenvalue weighted by atomic mass is 35.5. The van der Waals surface area contributed by atoms with E-state index in [1.807, 2.05) is 6.92 Å². The van der Waals surface area contributed by atoms with E-state index >= 15 is 0 Å². The minimum atomic E-state index is -0.644. The zero-order valence-corrected chi connectivity index (χ0v) is 12.4. The highest BCUT2D eigenvalue weighted by Crippen LogP contribution is 2.33. The molecule has 1 aromatic rings. The maximum Gasteiger partial charge on any atom is 0.333 e. The number of anilines is 1. The van der Waals surface area contributed by atoms with Crippen molar-refractivity contribution in [2.45, 2.75) is 13.3 Å². The van der Waals surface area contributed by atoms with Crippen molar-refractivity contribution < 1.29 is 19.1 Å². The van der Waals surface area contributed by atoms with E-state index in [2.05, 4.69) is 4.74 Å². The van der Waals surface area contributed by atoms with Crippen LogP contribution in [-0.2, 0) is 14.3 Å². The molecule has 0 N–H and O–H groups in total. The van der Waals surface area contributed by atoms with Crippen molar-refractivity contribution in [3.05, 3.63) is 40.4 Å². The molecular formula is C15H14ClNO4. The fraction of sp³-hybridized carbons (Fsp3) is 0.267. The Morgan fingerprint density at radius 1 is 1.38 bits per heavy atom. The van der Waals surface area contributed by atoms with Gasteiger partial charge in [0.2, 0.25) is 0 Å². The van der Waals surface area contributed by atoms with Crippen LogP contribution in [0.4, 0.5) is 5.69 Å². The van der Waals surface area contributed by atoms with Gasteiger partial charge in [-0.15, -0.1) is 0 Å². The zero-order valence-electron chi connectivity index (χ0n) is 11.7. The first kappa shape index (κ1) is 15.3. The molecule has 0 spiro atoms. The molecule has 0 aromatic heterocycles.